The first-order valence-corrected chi connectivity index (χ1v) is 6.65. The Morgan fingerprint density at radius 2 is 2.35 bits per heavy atom. The summed E-state index contributed by atoms with van der Waals surface area (Å²) < 4.78 is 5.92. The van der Waals surface area contributed by atoms with Crippen LogP contribution in [0.5, 0.6) is 0 Å². The Morgan fingerprint density at radius 1 is 1.53 bits per heavy atom. The summed E-state index contributed by atoms with van der Waals surface area (Å²) in [6, 6.07) is 4.44. The number of rotatable bonds is 3. The molecule has 1 unspecified atom stereocenters. The molecule has 2 N–H and O–H groups in total. The van der Waals surface area contributed by atoms with Crippen LogP contribution in [0, 0.1) is 0 Å². The van der Waals surface area contributed by atoms with E-state index in [-0.39, 0.29) is 6.04 Å². The molecule has 0 amide bonds. The lowest BCUT2D eigenvalue weighted by Crippen LogP contribution is -2.52. The molecule has 0 radical (unpaired) electrons. The first kappa shape index (κ1) is 13.2. The van der Waals surface area contributed by atoms with Crippen LogP contribution in [0.4, 0.5) is 0 Å². The lowest BCUT2D eigenvalue weighted by atomic mass is 10.0. The molecule has 0 saturated carbocycles. The number of hydrogen-bond acceptors (Lipinski definition) is 4. The zero-order valence-electron chi connectivity index (χ0n) is 9.54. The molecule has 6 heteroatoms. The molecule has 1 saturated heterocycles. The van der Waals surface area contributed by atoms with Gasteiger partial charge in [-0.05, 0) is 33.6 Å². The standard InChI is InChI=1S/C11H15BrClN3O/c1-17-6-8-4-14-5-9(15-8)7-2-10(12)16-11(13)3-7/h2-3,8-9,14-15H,4-6H2,1H3/t8-,9?/m0/s1. The van der Waals surface area contributed by atoms with Crippen molar-refractivity contribution in [2.75, 3.05) is 26.8 Å². The smallest absolute Gasteiger partial charge is 0.130 e. The van der Waals surface area contributed by atoms with Gasteiger partial charge >= 0.3 is 0 Å². The lowest BCUT2D eigenvalue weighted by molar-refractivity contribution is 0.148. The van der Waals surface area contributed by atoms with Crippen LogP contribution in [0.1, 0.15) is 11.6 Å². The number of piperazine rings is 1. The van der Waals surface area contributed by atoms with Gasteiger partial charge in [-0.15, -0.1) is 0 Å². The van der Waals surface area contributed by atoms with E-state index in [4.69, 9.17) is 16.3 Å². The third-order valence-corrected chi connectivity index (χ3v) is 3.33. The molecule has 1 fully saturated rings. The van der Waals surface area contributed by atoms with Crippen LogP contribution in [0.3, 0.4) is 0 Å². The molecule has 94 valence electrons. The Morgan fingerprint density at radius 3 is 3.06 bits per heavy atom. The summed E-state index contributed by atoms with van der Waals surface area (Å²) in [5.74, 6) is 0. The van der Waals surface area contributed by atoms with Crippen molar-refractivity contribution >= 4 is 27.5 Å². The second-order valence-electron chi connectivity index (χ2n) is 4.08. The fraction of sp³-hybridized carbons (Fsp3) is 0.545. The molecule has 0 spiro atoms. The second-order valence-corrected chi connectivity index (χ2v) is 5.28. The predicted molar refractivity (Wildman–Crippen MR) is 71.4 cm³/mol. The Labute approximate surface area is 114 Å². The molecule has 1 aromatic rings. The fourth-order valence-electron chi connectivity index (χ4n) is 2.01. The van der Waals surface area contributed by atoms with Crippen LogP contribution in [-0.2, 0) is 4.74 Å². The Hall–Kier alpha value is -0.200. The van der Waals surface area contributed by atoms with Gasteiger partial charge in [0.1, 0.15) is 9.76 Å². The second kappa shape index (κ2) is 6.11. The third kappa shape index (κ3) is 3.63. The van der Waals surface area contributed by atoms with Crippen molar-refractivity contribution in [2.24, 2.45) is 0 Å². The van der Waals surface area contributed by atoms with Gasteiger partial charge in [-0.3, -0.25) is 0 Å². The number of halogens is 2. The molecule has 4 nitrogen and oxygen atoms in total. The molecule has 2 heterocycles. The summed E-state index contributed by atoms with van der Waals surface area (Å²) in [6.45, 7) is 2.50. The van der Waals surface area contributed by atoms with Crippen molar-refractivity contribution in [2.45, 2.75) is 12.1 Å². The predicted octanol–water partition coefficient (Wildman–Crippen LogP) is 1.75. The number of nitrogens with zero attached hydrogens (tertiary/aromatic N) is 1. The Bertz CT molecular complexity index is 369. The maximum atomic E-state index is 5.95. The molecule has 1 aromatic heterocycles. The average molecular weight is 321 g/mol. The van der Waals surface area contributed by atoms with Crippen LogP contribution in [-0.4, -0.2) is 37.8 Å². The Kier molecular flexibility index (Phi) is 4.76. The van der Waals surface area contributed by atoms with E-state index in [0.717, 1.165) is 23.3 Å². The van der Waals surface area contributed by atoms with Gasteiger partial charge in [0.25, 0.3) is 0 Å². The minimum Gasteiger partial charge on any atom is -0.383 e. The monoisotopic (exact) mass is 319 g/mol. The minimum atomic E-state index is 0.237. The van der Waals surface area contributed by atoms with E-state index >= 15 is 0 Å². The largest absolute Gasteiger partial charge is 0.383 e. The van der Waals surface area contributed by atoms with Crippen molar-refractivity contribution in [3.8, 4) is 0 Å². The highest BCUT2D eigenvalue weighted by Crippen LogP contribution is 2.22. The zero-order chi connectivity index (χ0) is 12.3. The molecule has 1 aliphatic rings. The third-order valence-electron chi connectivity index (χ3n) is 2.73. The fourth-order valence-corrected chi connectivity index (χ4v) is 2.79. The van der Waals surface area contributed by atoms with E-state index < -0.39 is 0 Å². The van der Waals surface area contributed by atoms with Gasteiger partial charge in [0.15, 0.2) is 0 Å². The quantitative estimate of drug-likeness (QED) is 0.833. The number of aromatic nitrogens is 1. The number of pyridine rings is 1. The summed E-state index contributed by atoms with van der Waals surface area (Å²) in [7, 11) is 1.71. The van der Waals surface area contributed by atoms with E-state index in [9.17, 15) is 0 Å². The topological polar surface area (TPSA) is 46.2 Å². The van der Waals surface area contributed by atoms with Crippen molar-refractivity contribution in [3.05, 3.63) is 27.5 Å². The summed E-state index contributed by atoms with van der Waals surface area (Å²) in [5.41, 5.74) is 1.13. The molecular formula is C11H15BrClN3O. The van der Waals surface area contributed by atoms with Crippen LogP contribution in [0.15, 0.2) is 16.7 Å². The van der Waals surface area contributed by atoms with E-state index in [1.54, 1.807) is 7.11 Å². The number of hydrogen-bond donors (Lipinski definition) is 2. The van der Waals surface area contributed by atoms with Gasteiger partial charge in [-0.2, -0.15) is 0 Å². The van der Waals surface area contributed by atoms with E-state index in [1.165, 1.54) is 0 Å². The van der Waals surface area contributed by atoms with Crippen LogP contribution in [0.25, 0.3) is 0 Å². The lowest BCUT2D eigenvalue weighted by Gasteiger charge is -2.31. The van der Waals surface area contributed by atoms with Crippen LogP contribution in [0.2, 0.25) is 5.15 Å². The number of nitrogens with one attached hydrogen (secondary N) is 2. The maximum Gasteiger partial charge on any atom is 0.130 e. The van der Waals surface area contributed by atoms with E-state index in [2.05, 4.69) is 31.5 Å². The van der Waals surface area contributed by atoms with E-state index in [1.807, 2.05) is 12.1 Å². The first-order chi connectivity index (χ1) is 8.19. The highest BCUT2D eigenvalue weighted by molar-refractivity contribution is 9.10. The molecule has 0 bridgehead atoms. The molecule has 0 aromatic carbocycles. The van der Waals surface area contributed by atoms with Crippen molar-refractivity contribution in [1.82, 2.24) is 15.6 Å². The summed E-state index contributed by atoms with van der Waals surface area (Å²) >= 11 is 9.31. The SMILES string of the molecule is COC[C@@H]1CNCC(c2cc(Cl)nc(Br)c2)N1. The van der Waals surface area contributed by atoms with Gasteiger partial charge in [-0.1, -0.05) is 11.6 Å². The zero-order valence-corrected chi connectivity index (χ0v) is 11.9. The first-order valence-electron chi connectivity index (χ1n) is 5.47. The minimum absolute atomic E-state index is 0.237. The highest BCUT2D eigenvalue weighted by atomic mass is 79.9. The van der Waals surface area contributed by atoms with E-state index in [0.29, 0.717) is 17.8 Å². The highest BCUT2D eigenvalue weighted by Gasteiger charge is 2.22. The molecular weight excluding hydrogens is 305 g/mol. The van der Waals surface area contributed by atoms with Gasteiger partial charge in [0.05, 0.1) is 6.61 Å². The molecule has 1 aliphatic heterocycles. The van der Waals surface area contributed by atoms with Gasteiger partial charge in [0, 0.05) is 32.3 Å². The van der Waals surface area contributed by atoms with Crippen molar-refractivity contribution in [1.29, 1.82) is 0 Å². The van der Waals surface area contributed by atoms with Gasteiger partial charge < -0.3 is 15.4 Å². The summed E-state index contributed by atoms with van der Waals surface area (Å²) in [6.07, 6.45) is 0. The van der Waals surface area contributed by atoms with Gasteiger partial charge in [-0.25, -0.2) is 4.98 Å². The Balaban J connectivity index is 2.10. The summed E-state index contributed by atoms with van der Waals surface area (Å²) in [4.78, 5) is 4.09. The average Bonchev–Trinajstić information content (AvgIpc) is 2.28. The maximum absolute atomic E-state index is 5.95. The normalized spacial score (nSPS) is 24.9. The number of methoxy groups -OCH3 is 1. The van der Waals surface area contributed by atoms with Crippen molar-refractivity contribution < 1.29 is 4.74 Å². The molecule has 2 rings (SSSR count). The number of ether oxygens (including phenoxy) is 1. The van der Waals surface area contributed by atoms with Crippen LogP contribution >= 0.6 is 27.5 Å². The van der Waals surface area contributed by atoms with Gasteiger partial charge in [0.2, 0.25) is 0 Å². The molecule has 2 atom stereocenters. The van der Waals surface area contributed by atoms with Crippen LogP contribution < -0.4 is 10.6 Å². The molecule has 0 aliphatic carbocycles. The van der Waals surface area contributed by atoms with Crippen molar-refractivity contribution in [3.63, 3.8) is 0 Å². The summed E-state index contributed by atoms with van der Waals surface area (Å²) in [5, 5.41) is 7.42. The molecule has 17 heavy (non-hydrogen) atoms.